The summed E-state index contributed by atoms with van der Waals surface area (Å²) in [6.07, 6.45) is 3.80. The van der Waals surface area contributed by atoms with Crippen molar-refractivity contribution in [2.75, 3.05) is 0 Å². The van der Waals surface area contributed by atoms with Crippen LogP contribution in [0.15, 0.2) is 46.7 Å². The second-order valence-corrected chi connectivity index (χ2v) is 4.29. The fourth-order valence-corrected chi connectivity index (χ4v) is 1.99. The molecule has 2 rings (SSSR count). The maximum atomic E-state index is 10.4. The van der Waals surface area contributed by atoms with Crippen LogP contribution in [0.1, 0.15) is 15.9 Å². The summed E-state index contributed by atoms with van der Waals surface area (Å²) in [5.74, 6) is 0. The lowest BCUT2D eigenvalue weighted by molar-refractivity contribution is 0.112. The summed E-state index contributed by atoms with van der Waals surface area (Å²) < 4.78 is 0. The minimum Gasteiger partial charge on any atom is -0.298 e. The normalized spacial score (nSPS) is 10.1. The molecule has 0 aliphatic carbocycles. The second-order valence-electron chi connectivity index (χ2n) is 3.28. The fraction of sp³-hybridized carbons (Fsp3) is 0.0833. The molecule has 0 amide bonds. The monoisotopic (exact) mass is 230 g/mol. The van der Waals surface area contributed by atoms with E-state index < -0.39 is 0 Å². The Labute approximate surface area is 97.9 Å². The fourth-order valence-electron chi connectivity index (χ4n) is 1.21. The molecule has 0 saturated heterocycles. The summed E-state index contributed by atoms with van der Waals surface area (Å²) >= 11 is 1.50. The number of aryl methyl sites for hydroxylation is 1. The summed E-state index contributed by atoms with van der Waals surface area (Å²) in [7, 11) is 0. The first kappa shape index (κ1) is 10.8. The number of aldehydes is 1. The van der Waals surface area contributed by atoms with Crippen molar-refractivity contribution in [3.8, 4) is 0 Å². The summed E-state index contributed by atoms with van der Waals surface area (Å²) in [5.41, 5.74) is 1.68. The van der Waals surface area contributed by atoms with Gasteiger partial charge in [0.05, 0.1) is 5.56 Å². The van der Waals surface area contributed by atoms with Gasteiger partial charge in [-0.2, -0.15) is 0 Å². The zero-order chi connectivity index (χ0) is 11.4. The number of carbonyl (C=O) groups excluding carboxylic acids is 1. The molecule has 80 valence electrons. The zero-order valence-corrected chi connectivity index (χ0v) is 9.57. The van der Waals surface area contributed by atoms with Crippen LogP contribution in [0.3, 0.4) is 0 Å². The van der Waals surface area contributed by atoms with Gasteiger partial charge >= 0.3 is 0 Å². The molecule has 2 aromatic rings. The Morgan fingerprint density at radius 1 is 1.19 bits per heavy atom. The van der Waals surface area contributed by atoms with Gasteiger partial charge in [-0.05, 0) is 30.3 Å². The third-order valence-corrected chi connectivity index (χ3v) is 3.15. The molecule has 0 spiro atoms. The molecule has 1 heterocycles. The smallest absolute Gasteiger partial charge is 0.192 e. The molecule has 0 unspecified atom stereocenters. The lowest BCUT2D eigenvalue weighted by atomic mass is 10.2. The Morgan fingerprint density at radius 2 is 1.88 bits per heavy atom. The molecule has 0 atom stereocenters. The third kappa shape index (κ3) is 2.46. The number of carbonyl (C=O) groups is 1. The molecule has 0 aliphatic heterocycles. The van der Waals surface area contributed by atoms with Crippen LogP contribution in [0.25, 0.3) is 0 Å². The van der Waals surface area contributed by atoms with Gasteiger partial charge < -0.3 is 0 Å². The first-order chi connectivity index (χ1) is 7.79. The van der Waals surface area contributed by atoms with Crippen LogP contribution in [-0.2, 0) is 0 Å². The van der Waals surface area contributed by atoms with E-state index in [1.165, 1.54) is 29.7 Å². The van der Waals surface area contributed by atoms with Crippen LogP contribution in [0.4, 0.5) is 0 Å². The minimum atomic E-state index is 0.495. The van der Waals surface area contributed by atoms with Crippen molar-refractivity contribution in [1.29, 1.82) is 0 Å². The van der Waals surface area contributed by atoms with Gasteiger partial charge in [-0.1, -0.05) is 18.2 Å². The van der Waals surface area contributed by atoms with E-state index >= 15 is 0 Å². The van der Waals surface area contributed by atoms with Crippen LogP contribution in [0.2, 0.25) is 0 Å². The van der Waals surface area contributed by atoms with E-state index in [2.05, 4.69) is 9.97 Å². The highest BCUT2D eigenvalue weighted by atomic mass is 32.2. The van der Waals surface area contributed by atoms with Crippen LogP contribution in [-0.4, -0.2) is 16.3 Å². The molecular weight excluding hydrogens is 220 g/mol. The number of hydrogen-bond donors (Lipinski definition) is 0. The Hall–Kier alpha value is -1.68. The molecule has 3 nitrogen and oxygen atoms in total. The van der Waals surface area contributed by atoms with E-state index in [-0.39, 0.29) is 0 Å². The van der Waals surface area contributed by atoms with Crippen molar-refractivity contribution >= 4 is 18.0 Å². The van der Waals surface area contributed by atoms with Crippen molar-refractivity contribution in [2.24, 2.45) is 0 Å². The molecule has 16 heavy (non-hydrogen) atoms. The van der Waals surface area contributed by atoms with Gasteiger partial charge in [0.25, 0.3) is 0 Å². The van der Waals surface area contributed by atoms with Gasteiger partial charge in [-0.25, -0.2) is 9.97 Å². The Balaban J connectivity index is 2.21. The number of aromatic nitrogens is 2. The maximum Gasteiger partial charge on any atom is 0.192 e. The van der Waals surface area contributed by atoms with E-state index in [1.54, 1.807) is 0 Å². The third-order valence-electron chi connectivity index (χ3n) is 2.08. The molecule has 0 bridgehead atoms. The Bertz CT molecular complexity index is 497. The Morgan fingerprint density at radius 3 is 2.50 bits per heavy atom. The van der Waals surface area contributed by atoms with E-state index in [1.807, 2.05) is 31.2 Å². The van der Waals surface area contributed by atoms with Crippen molar-refractivity contribution in [3.05, 3.63) is 47.8 Å². The predicted molar refractivity (Wildman–Crippen MR) is 62.7 cm³/mol. The number of hydrogen-bond acceptors (Lipinski definition) is 4. The number of benzene rings is 1. The molecule has 0 N–H and O–H groups in total. The van der Waals surface area contributed by atoms with Gasteiger partial charge in [0.15, 0.2) is 11.4 Å². The zero-order valence-electron chi connectivity index (χ0n) is 8.75. The highest BCUT2D eigenvalue weighted by Gasteiger charge is 2.02. The molecule has 4 heteroatoms. The van der Waals surface area contributed by atoms with E-state index in [0.717, 1.165) is 11.2 Å². The van der Waals surface area contributed by atoms with Crippen molar-refractivity contribution in [2.45, 2.75) is 17.0 Å². The standard InChI is InChI=1S/C12H10N2OS/c1-9-4-2-3-5-11(9)16-12-13-6-10(8-15)7-14-12/h2-8H,1H3. The van der Waals surface area contributed by atoms with Gasteiger partial charge in [0.1, 0.15) is 0 Å². The summed E-state index contributed by atoms with van der Waals surface area (Å²) in [6.45, 7) is 2.04. The van der Waals surface area contributed by atoms with Crippen molar-refractivity contribution < 1.29 is 4.79 Å². The molecule has 1 aromatic heterocycles. The lowest BCUT2D eigenvalue weighted by Gasteiger charge is -2.02. The second kappa shape index (κ2) is 4.90. The van der Waals surface area contributed by atoms with Crippen LogP contribution < -0.4 is 0 Å². The summed E-state index contributed by atoms with van der Waals surface area (Å²) in [5, 5.41) is 0.653. The quantitative estimate of drug-likeness (QED) is 0.600. The SMILES string of the molecule is Cc1ccccc1Sc1ncc(C=O)cn1. The highest BCUT2D eigenvalue weighted by Crippen LogP contribution is 2.26. The number of nitrogens with zero attached hydrogens (tertiary/aromatic N) is 2. The largest absolute Gasteiger partial charge is 0.298 e. The van der Waals surface area contributed by atoms with E-state index in [4.69, 9.17) is 0 Å². The first-order valence-corrected chi connectivity index (χ1v) is 5.62. The van der Waals surface area contributed by atoms with Crippen molar-refractivity contribution in [1.82, 2.24) is 9.97 Å². The van der Waals surface area contributed by atoms with Crippen LogP contribution in [0, 0.1) is 6.92 Å². The minimum absolute atomic E-state index is 0.495. The van der Waals surface area contributed by atoms with E-state index in [9.17, 15) is 4.79 Å². The summed E-state index contributed by atoms with van der Waals surface area (Å²) in [6, 6.07) is 8.05. The predicted octanol–water partition coefficient (Wildman–Crippen LogP) is 2.75. The maximum absolute atomic E-state index is 10.4. The molecule has 0 aliphatic rings. The van der Waals surface area contributed by atoms with Crippen molar-refractivity contribution in [3.63, 3.8) is 0 Å². The van der Waals surface area contributed by atoms with Crippen LogP contribution >= 0.6 is 11.8 Å². The van der Waals surface area contributed by atoms with Gasteiger partial charge in [0, 0.05) is 17.3 Å². The summed E-state index contributed by atoms with van der Waals surface area (Å²) in [4.78, 5) is 19.8. The molecule has 0 radical (unpaired) electrons. The number of rotatable bonds is 3. The first-order valence-electron chi connectivity index (χ1n) is 4.80. The van der Waals surface area contributed by atoms with Gasteiger partial charge in [0.2, 0.25) is 0 Å². The van der Waals surface area contributed by atoms with Crippen LogP contribution in [0.5, 0.6) is 0 Å². The van der Waals surface area contributed by atoms with Gasteiger partial charge in [-0.3, -0.25) is 4.79 Å². The average molecular weight is 230 g/mol. The molecular formula is C12H10N2OS. The average Bonchev–Trinajstić information content (AvgIpc) is 2.33. The molecule has 1 aromatic carbocycles. The lowest BCUT2D eigenvalue weighted by Crippen LogP contribution is -1.89. The topological polar surface area (TPSA) is 42.9 Å². The molecule has 0 saturated carbocycles. The van der Waals surface area contributed by atoms with Gasteiger partial charge in [-0.15, -0.1) is 0 Å². The van der Waals surface area contributed by atoms with E-state index in [0.29, 0.717) is 10.7 Å². The highest BCUT2D eigenvalue weighted by molar-refractivity contribution is 7.99. The molecule has 0 fully saturated rings. The Kier molecular flexibility index (Phi) is 3.31.